The van der Waals surface area contributed by atoms with Crippen LogP contribution in [0.15, 0.2) is 34.9 Å². The van der Waals surface area contributed by atoms with Crippen molar-refractivity contribution < 1.29 is 0 Å². The summed E-state index contributed by atoms with van der Waals surface area (Å²) >= 11 is 3.36. The molecule has 4 N–H and O–H groups in total. The maximum atomic E-state index is 8.72. The zero-order valence-electron chi connectivity index (χ0n) is 9.89. The summed E-state index contributed by atoms with van der Waals surface area (Å²) in [4.78, 5) is 8.15. The van der Waals surface area contributed by atoms with Crippen LogP contribution in [0.4, 0.5) is 11.8 Å². The second-order valence-electron chi connectivity index (χ2n) is 3.70. The molecule has 0 bridgehead atoms. The molecule has 0 amide bonds. The highest BCUT2D eigenvalue weighted by Gasteiger charge is 2.04. The van der Waals surface area contributed by atoms with E-state index >= 15 is 0 Å². The summed E-state index contributed by atoms with van der Waals surface area (Å²) in [5.74, 6) is 6.24. The van der Waals surface area contributed by atoms with Gasteiger partial charge in [-0.2, -0.15) is 10.2 Å². The Bertz CT molecular complexity index is 605. The lowest BCUT2D eigenvalue weighted by Gasteiger charge is -2.08. The number of nitrogens with two attached hydrogens (primary N) is 1. The number of hydrogen-bond acceptors (Lipinski definition) is 6. The number of hydrogen-bond donors (Lipinski definition) is 3. The van der Waals surface area contributed by atoms with Crippen molar-refractivity contribution in [3.05, 3.63) is 46.1 Å². The normalized spacial score (nSPS) is 9.74. The maximum Gasteiger partial charge on any atom is 0.239 e. The Labute approximate surface area is 118 Å². The van der Waals surface area contributed by atoms with Crippen molar-refractivity contribution in [2.75, 3.05) is 10.7 Å². The van der Waals surface area contributed by atoms with Gasteiger partial charge in [0, 0.05) is 12.7 Å². The Hall–Kier alpha value is -2.17. The first-order valence-corrected chi connectivity index (χ1v) is 6.24. The van der Waals surface area contributed by atoms with E-state index in [-0.39, 0.29) is 0 Å². The van der Waals surface area contributed by atoms with Gasteiger partial charge in [-0.3, -0.25) is 5.43 Å². The SMILES string of the molecule is N#Cc1ccc(CNc2nc(NN)ncc2Br)cc1. The van der Waals surface area contributed by atoms with Crippen LogP contribution >= 0.6 is 15.9 Å². The molecular weight excluding hydrogens is 308 g/mol. The quantitative estimate of drug-likeness (QED) is 0.589. The number of nitrogens with one attached hydrogen (secondary N) is 2. The van der Waals surface area contributed by atoms with Crippen LogP contribution in [0.3, 0.4) is 0 Å². The summed E-state index contributed by atoms with van der Waals surface area (Å²) in [6.45, 7) is 0.589. The number of nitriles is 1. The van der Waals surface area contributed by atoms with Crippen molar-refractivity contribution in [3.63, 3.8) is 0 Å². The third kappa shape index (κ3) is 3.40. The van der Waals surface area contributed by atoms with E-state index in [9.17, 15) is 0 Å². The van der Waals surface area contributed by atoms with Crippen LogP contribution in [0.25, 0.3) is 0 Å². The number of anilines is 2. The average Bonchev–Trinajstić information content (AvgIpc) is 2.47. The Balaban J connectivity index is 2.07. The molecule has 1 heterocycles. The van der Waals surface area contributed by atoms with Crippen LogP contribution in [0.2, 0.25) is 0 Å². The summed E-state index contributed by atoms with van der Waals surface area (Å²) < 4.78 is 0.750. The lowest BCUT2D eigenvalue weighted by molar-refractivity contribution is 1.06. The third-order valence-corrected chi connectivity index (χ3v) is 3.00. The monoisotopic (exact) mass is 318 g/mol. The van der Waals surface area contributed by atoms with E-state index in [0.717, 1.165) is 10.0 Å². The second kappa shape index (κ2) is 6.13. The predicted octanol–water partition coefficient (Wildman–Crippen LogP) is 2.01. The number of aromatic nitrogens is 2. The Morgan fingerprint density at radius 3 is 2.68 bits per heavy atom. The van der Waals surface area contributed by atoms with Gasteiger partial charge in [-0.1, -0.05) is 12.1 Å². The second-order valence-corrected chi connectivity index (χ2v) is 4.55. The molecule has 0 saturated carbocycles. The lowest BCUT2D eigenvalue weighted by Crippen LogP contribution is -2.12. The van der Waals surface area contributed by atoms with E-state index in [2.05, 4.69) is 42.7 Å². The molecule has 0 aliphatic rings. The van der Waals surface area contributed by atoms with Crippen molar-refractivity contribution >= 4 is 27.7 Å². The molecule has 0 unspecified atom stereocenters. The lowest BCUT2D eigenvalue weighted by atomic mass is 10.1. The standard InChI is InChI=1S/C12H11BrN6/c13-10-7-17-12(19-15)18-11(10)16-6-9-3-1-8(5-14)2-4-9/h1-4,7H,6,15H2,(H2,16,17,18,19). The Morgan fingerprint density at radius 1 is 1.32 bits per heavy atom. The van der Waals surface area contributed by atoms with Crippen molar-refractivity contribution in [2.24, 2.45) is 5.84 Å². The van der Waals surface area contributed by atoms with Gasteiger partial charge in [-0.05, 0) is 33.6 Å². The molecule has 19 heavy (non-hydrogen) atoms. The largest absolute Gasteiger partial charge is 0.365 e. The van der Waals surface area contributed by atoms with Crippen molar-refractivity contribution in [3.8, 4) is 6.07 Å². The molecule has 7 heteroatoms. The highest BCUT2D eigenvalue weighted by molar-refractivity contribution is 9.10. The summed E-state index contributed by atoms with van der Waals surface area (Å²) in [7, 11) is 0. The molecule has 0 spiro atoms. The van der Waals surface area contributed by atoms with Crippen molar-refractivity contribution in [1.82, 2.24) is 9.97 Å². The molecule has 2 aromatic rings. The van der Waals surface area contributed by atoms with Crippen LogP contribution in [0.1, 0.15) is 11.1 Å². The number of nitrogens with zero attached hydrogens (tertiary/aromatic N) is 3. The molecule has 0 aliphatic carbocycles. The molecular formula is C12H11BrN6. The minimum Gasteiger partial charge on any atom is -0.365 e. The minimum atomic E-state index is 0.338. The topological polar surface area (TPSA) is 99.7 Å². The third-order valence-electron chi connectivity index (χ3n) is 2.42. The summed E-state index contributed by atoms with van der Waals surface area (Å²) in [6, 6.07) is 9.42. The van der Waals surface area contributed by atoms with Gasteiger partial charge in [-0.15, -0.1) is 0 Å². The first-order chi connectivity index (χ1) is 9.22. The number of benzene rings is 1. The molecule has 0 saturated heterocycles. The number of hydrazine groups is 1. The molecule has 0 fully saturated rings. The number of nitrogen functional groups attached to an aromatic ring is 1. The van der Waals surface area contributed by atoms with E-state index in [0.29, 0.717) is 23.9 Å². The van der Waals surface area contributed by atoms with Gasteiger partial charge in [0.05, 0.1) is 16.1 Å². The molecule has 6 nitrogen and oxygen atoms in total. The van der Waals surface area contributed by atoms with E-state index < -0.39 is 0 Å². The minimum absolute atomic E-state index is 0.338. The van der Waals surface area contributed by atoms with Gasteiger partial charge in [0.15, 0.2) is 0 Å². The fraction of sp³-hybridized carbons (Fsp3) is 0.0833. The smallest absolute Gasteiger partial charge is 0.239 e. The maximum absolute atomic E-state index is 8.72. The van der Waals surface area contributed by atoms with Crippen molar-refractivity contribution in [2.45, 2.75) is 6.54 Å². The number of rotatable bonds is 4. The predicted molar refractivity (Wildman–Crippen MR) is 76.0 cm³/mol. The van der Waals surface area contributed by atoms with E-state index in [4.69, 9.17) is 11.1 Å². The van der Waals surface area contributed by atoms with Gasteiger partial charge in [0.25, 0.3) is 0 Å². The fourth-order valence-electron chi connectivity index (χ4n) is 1.44. The first kappa shape index (κ1) is 13.3. The molecule has 0 atom stereocenters. The molecule has 96 valence electrons. The zero-order chi connectivity index (χ0) is 13.7. The zero-order valence-corrected chi connectivity index (χ0v) is 11.5. The van der Waals surface area contributed by atoms with E-state index in [1.54, 1.807) is 18.3 Å². The van der Waals surface area contributed by atoms with Crippen LogP contribution in [0, 0.1) is 11.3 Å². The van der Waals surface area contributed by atoms with Gasteiger partial charge < -0.3 is 5.32 Å². The van der Waals surface area contributed by atoms with Crippen molar-refractivity contribution in [1.29, 1.82) is 5.26 Å². The van der Waals surface area contributed by atoms with Crippen LogP contribution in [0.5, 0.6) is 0 Å². The van der Waals surface area contributed by atoms with E-state index in [1.807, 2.05) is 12.1 Å². The molecule has 1 aromatic heterocycles. The Kier molecular flexibility index (Phi) is 4.28. The molecule has 0 radical (unpaired) electrons. The van der Waals surface area contributed by atoms with Gasteiger partial charge in [0.1, 0.15) is 5.82 Å². The Morgan fingerprint density at radius 2 is 2.05 bits per heavy atom. The number of halogens is 1. The van der Waals surface area contributed by atoms with Crippen LogP contribution in [-0.2, 0) is 6.54 Å². The molecule has 0 aliphatic heterocycles. The fourth-order valence-corrected chi connectivity index (χ4v) is 1.77. The summed E-state index contributed by atoms with van der Waals surface area (Å²) in [5, 5.41) is 11.9. The van der Waals surface area contributed by atoms with Crippen LogP contribution < -0.4 is 16.6 Å². The molecule has 1 aromatic carbocycles. The average molecular weight is 319 g/mol. The van der Waals surface area contributed by atoms with Gasteiger partial charge >= 0.3 is 0 Å². The molecule has 2 rings (SSSR count). The van der Waals surface area contributed by atoms with Gasteiger partial charge in [-0.25, -0.2) is 10.8 Å². The first-order valence-electron chi connectivity index (χ1n) is 5.45. The van der Waals surface area contributed by atoms with E-state index in [1.165, 1.54) is 0 Å². The highest BCUT2D eigenvalue weighted by Crippen LogP contribution is 2.20. The van der Waals surface area contributed by atoms with Crippen LogP contribution in [-0.4, -0.2) is 9.97 Å². The summed E-state index contributed by atoms with van der Waals surface area (Å²) in [6.07, 6.45) is 1.61. The van der Waals surface area contributed by atoms with Gasteiger partial charge in [0.2, 0.25) is 5.95 Å². The summed E-state index contributed by atoms with van der Waals surface area (Å²) in [5.41, 5.74) is 4.08. The highest BCUT2D eigenvalue weighted by atomic mass is 79.9.